The minimum absolute atomic E-state index is 0.123. The fraction of sp³-hybridized carbons (Fsp3) is 0.643. The van der Waals surface area contributed by atoms with E-state index in [-0.39, 0.29) is 6.04 Å². The van der Waals surface area contributed by atoms with Gasteiger partial charge in [0.15, 0.2) is 0 Å². The molecule has 1 aromatic heterocycles. The molecule has 0 radical (unpaired) electrons. The fourth-order valence-electron chi connectivity index (χ4n) is 2.36. The van der Waals surface area contributed by atoms with Crippen molar-refractivity contribution in [2.45, 2.75) is 45.7 Å². The standard InChI is InChI=1S/C14H23N3O/c1-4-11-10-12(17(5-2)16-11)14(15-3)13-8-6-7-9-18-13/h8,10,14-15H,4-7,9H2,1-3H3. The maximum atomic E-state index is 5.79. The van der Waals surface area contributed by atoms with Gasteiger partial charge in [0.25, 0.3) is 0 Å². The SMILES string of the molecule is CCc1cc(C(NC)C2=CCCCO2)n(CC)n1. The average Bonchev–Trinajstić information content (AvgIpc) is 2.84. The van der Waals surface area contributed by atoms with Gasteiger partial charge in [-0.3, -0.25) is 4.68 Å². The predicted molar refractivity (Wildman–Crippen MR) is 72.3 cm³/mol. The first-order valence-corrected chi connectivity index (χ1v) is 6.86. The van der Waals surface area contributed by atoms with Crippen molar-refractivity contribution in [2.75, 3.05) is 13.7 Å². The molecule has 0 bridgehead atoms. The minimum Gasteiger partial charge on any atom is -0.496 e. The van der Waals surface area contributed by atoms with Gasteiger partial charge in [0.05, 0.1) is 18.0 Å². The van der Waals surface area contributed by atoms with Crippen LogP contribution in [0.3, 0.4) is 0 Å². The van der Waals surface area contributed by atoms with Gasteiger partial charge in [-0.15, -0.1) is 0 Å². The predicted octanol–water partition coefficient (Wildman–Crippen LogP) is 2.42. The Bertz CT molecular complexity index is 423. The molecule has 0 saturated heterocycles. The van der Waals surface area contributed by atoms with Crippen molar-refractivity contribution in [3.8, 4) is 0 Å². The molecular formula is C14H23N3O. The maximum absolute atomic E-state index is 5.79. The molecule has 2 heterocycles. The number of nitrogens with zero attached hydrogens (tertiary/aromatic N) is 2. The summed E-state index contributed by atoms with van der Waals surface area (Å²) in [7, 11) is 1.97. The van der Waals surface area contributed by atoms with E-state index in [2.05, 4.69) is 41.1 Å². The quantitative estimate of drug-likeness (QED) is 0.871. The summed E-state index contributed by atoms with van der Waals surface area (Å²) in [5.41, 5.74) is 2.34. The van der Waals surface area contributed by atoms with E-state index in [9.17, 15) is 0 Å². The molecule has 100 valence electrons. The number of aryl methyl sites for hydroxylation is 2. The summed E-state index contributed by atoms with van der Waals surface area (Å²) in [6.07, 6.45) is 5.39. The van der Waals surface area contributed by atoms with Gasteiger partial charge >= 0.3 is 0 Å². The average molecular weight is 249 g/mol. The van der Waals surface area contributed by atoms with Gasteiger partial charge in [-0.1, -0.05) is 6.92 Å². The number of likely N-dealkylation sites (N-methyl/N-ethyl adjacent to an activating group) is 1. The summed E-state index contributed by atoms with van der Waals surface area (Å²) in [5.74, 6) is 1.04. The molecule has 1 atom stereocenters. The molecule has 1 N–H and O–H groups in total. The van der Waals surface area contributed by atoms with Gasteiger partial charge in [0.1, 0.15) is 11.8 Å². The molecule has 0 amide bonds. The van der Waals surface area contributed by atoms with Crippen LogP contribution in [0.2, 0.25) is 0 Å². The lowest BCUT2D eigenvalue weighted by molar-refractivity contribution is 0.167. The highest BCUT2D eigenvalue weighted by Gasteiger charge is 2.22. The number of hydrogen-bond donors (Lipinski definition) is 1. The van der Waals surface area contributed by atoms with Crippen molar-refractivity contribution < 1.29 is 4.74 Å². The maximum Gasteiger partial charge on any atom is 0.115 e. The molecule has 1 unspecified atom stereocenters. The van der Waals surface area contributed by atoms with Gasteiger partial charge < -0.3 is 10.1 Å². The third kappa shape index (κ3) is 2.58. The van der Waals surface area contributed by atoms with Crippen LogP contribution in [0.1, 0.15) is 44.1 Å². The van der Waals surface area contributed by atoms with E-state index in [0.717, 1.165) is 43.9 Å². The smallest absolute Gasteiger partial charge is 0.115 e. The van der Waals surface area contributed by atoms with Crippen LogP contribution in [-0.2, 0) is 17.7 Å². The largest absolute Gasteiger partial charge is 0.496 e. The third-order valence-corrected chi connectivity index (χ3v) is 3.36. The monoisotopic (exact) mass is 249 g/mol. The molecule has 0 aromatic carbocycles. The van der Waals surface area contributed by atoms with Crippen LogP contribution in [0.5, 0.6) is 0 Å². The molecular weight excluding hydrogens is 226 g/mol. The Morgan fingerprint density at radius 1 is 1.50 bits per heavy atom. The number of nitrogens with one attached hydrogen (secondary N) is 1. The first-order chi connectivity index (χ1) is 8.80. The molecule has 1 aromatic rings. The van der Waals surface area contributed by atoms with E-state index in [1.54, 1.807) is 0 Å². The molecule has 1 aliphatic heterocycles. The first kappa shape index (κ1) is 13.1. The van der Waals surface area contributed by atoms with Crippen LogP contribution in [0.4, 0.5) is 0 Å². The third-order valence-electron chi connectivity index (χ3n) is 3.36. The zero-order valence-corrected chi connectivity index (χ0v) is 11.6. The number of ether oxygens (including phenoxy) is 1. The Hall–Kier alpha value is -1.29. The van der Waals surface area contributed by atoms with Crippen molar-refractivity contribution in [3.05, 3.63) is 29.3 Å². The summed E-state index contributed by atoms with van der Waals surface area (Å²) in [4.78, 5) is 0. The summed E-state index contributed by atoms with van der Waals surface area (Å²) in [6.45, 7) is 5.97. The van der Waals surface area contributed by atoms with Crippen LogP contribution in [0.25, 0.3) is 0 Å². The highest BCUT2D eigenvalue weighted by Crippen LogP contribution is 2.26. The number of aromatic nitrogens is 2. The van der Waals surface area contributed by atoms with Crippen molar-refractivity contribution >= 4 is 0 Å². The second-order valence-corrected chi connectivity index (χ2v) is 4.55. The van der Waals surface area contributed by atoms with E-state index in [0.29, 0.717) is 0 Å². The fourth-order valence-corrected chi connectivity index (χ4v) is 2.36. The van der Waals surface area contributed by atoms with Crippen LogP contribution >= 0.6 is 0 Å². The normalized spacial score (nSPS) is 17.2. The Balaban J connectivity index is 2.31. The van der Waals surface area contributed by atoms with E-state index < -0.39 is 0 Å². The van der Waals surface area contributed by atoms with Crippen LogP contribution in [-0.4, -0.2) is 23.4 Å². The van der Waals surface area contributed by atoms with E-state index in [4.69, 9.17) is 4.74 Å². The molecule has 0 aliphatic carbocycles. The van der Waals surface area contributed by atoms with Crippen LogP contribution in [0, 0.1) is 0 Å². The highest BCUT2D eigenvalue weighted by molar-refractivity contribution is 5.22. The number of rotatable bonds is 5. The molecule has 0 spiro atoms. The van der Waals surface area contributed by atoms with Crippen molar-refractivity contribution in [2.24, 2.45) is 0 Å². The van der Waals surface area contributed by atoms with Crippen LogP contribution < -0.4 is 5.32 Å². The molecule has 0 fully saturated rings. The Morgan fingerprint density at radius 3 is 2.89 bits per heavy atom. The lowest BCUT2D eigenvalue weighted by Gasteiger charge is -2.23. The molecule has 2 rings (SSSR count). The number of hydrogen-bond acceptors (Lipinski definition) is 3. The second-order valence-electron chi connectivity index (χ2n) is 4.55. The summed E-state index contributed by atoms with van der Waals surface area (Å²) >= 11 is 0. The lowest BCUT2D eigenvalue weighted by atomic mass is 10.1. The van der Waals surface area contributed by atoms with Gasteiger partial charge in [-0.2, -0.15) is 5.10 Å². The molecule has 18 heavy (non-hydrogen) atoms. The Morgan fingerprint density at radius 2 is 2.33 bits per heavy atom. The van der Waals surface area contributed by atoms with E-state index in [1.165, 1.54) is 5.69 Å². The first-order valence-electron chi connectivity index (χ1n) is 6.86. The van der Waals surface area contributed by atoms with Gasteiger partial charge in [0.2, 0.25) is 0 Å². The minimum atomic E-state index is 0.123. The van der Waals surface area contributed by atoms with E-state index in [1.807, 2.05) is 7.05 Å². The van der Waals surface area contributed by atoms with Crippen molar-refractivity contribution in [1.29, 1.82) is 0 Å². The summed E-state index contributed by atoms with van der Waals surface area (Å²) < 4.78 is 7.85. The van der Waals surface area contributed by atoms with Crippen molar-refractivity contribution in [3.63, 3.8) is 0 Å². The highest BCUT2D eigenvalue weighted by atomic mass is 16.5. The van der Waals surface area contributed by atoms with Crippen molar-refractivity contribution in [1.82, 2.24) is 15.1 Å². The van der Waals surface area contributed by atoms with Gasteiger partial charge in [-0.25, -0.2) is 0 Å². The Labute approximate surface area is 109 Å². The summed E-state index contributed by atoms with van der Waals surface area (Å²) in [5, 5.41) is 7.95. The molecule has 4 nitrogen and oxygen atoms in total. The molecule has 4 heteroatoms. The van der Waals surface area contributed by atoms with Gasteiger partial charge in [0, 0.05) is 6.54 Å². The lowest BCUT2D eigenvalue weighted by Crippen LogP contribution is -2.24. The Kier molecular flexibility index (Phi) is 4.42. The second kappa shape index (κ2) is 6.05. The molecule has 0 saturated carbocycles. The van der Waals surface area contributed by atoms with Gasteiger partial charge in [-0.05, 0) is 45.4 Å². The number of allylic oxidation sites excluding steroid dienone is 1. The zero-order chi connectivity index (χ0) is 13.0. The topological polar surface area (TPSA) is 39.1 Å². The van der Waals surface area contributed by atoms with Crippen LogP contribution in [0.15, 0.2) is 17.9 Å². The summed E-state index contributed by atoms with van der Waals surface area (Å²) in [6, 6.07) is 2.31. The molecule has 1 aliphatic rings. The zero-order valence-electron chi connectivity index (χ0n) is 11.6. The van der Waals surface area contributed by atoms with E-state index >= 15 is 0 Å².